The SMILES string of the molecule is COc1ccc(/C=C2\c3cc(OC)c(OC)cc3CCN2C(=O)C(C)(C)C)cc1OC. The van der Waals surface area contributed by atoms with E-state index in [0.717, 1.165) is 28.8 Å². The van der Waals surface area contributed by atoms with E-state index in [4.69, 9.17) is 18.9 Å². The zero-order valence-electron chi connectivity index (χ0n) is 19.4. The van der Waals surface area contributed by atoms with Gasteiger partial charge in [-0.3, -0.25) is 4.79 Å². The molecule has 0 saturated heterocycles. The van der Waals surface area contributed by atoms with E-state index in [1.165, 1.54) is 0 Å². The van der Waals surface area contributed by atoms with Gasteiger partial charge in [0, 0.05) is 17.5 Å². The number of carbonyl (C=O) groups excluding carboxylic acids is 1. The quantitative estimate of drug-likeness (QED) is 0.698. The Bertz CT molecular complexity index is 1000. The topological polar surface area (TPSA) is 57.2 Å². The zero-order chi connectivity index (χ0) is 22.8. The van der Waals surface area contributed by atoms with Gasteiger partial charge in [0.15, 0.2) is 23.0 Å². The van der Waals surface area contributed by atoms with Crippen molar-refractivity contribution in [3.05, 3.63) is 47.0 Å². The molecule has 0 bridgehead atoms. The highest BCUT2D eigenvalue weighted by Crippen LogP contribution is 2.40. The molecule has 0 spiro atoms. The van der Waals surface area contributed by atoms with Gasteiger partial charge in [0.2, 0.25) is 5.91 Å². The first-order chi connectivity index (χ1) is 14.7. The molecule has 1 aliphatic rings. The molecule has 0 atom stereocenters. The van der Waals surface area contributed by atoms with Crippen LogP contribution in [0.3, 0.4) is 0 Å². The lowest BCUT2D eigenvalue weighted by atomic mass is 9.89. The monoisotopic (exact) mass is 425 g/mol. The van der Waals surface area contributed by atoms with Crippen molar-refractivity contribution in [2.24, 2.45) is 5.41 Å². The Balaban J connectivity index is 2.20. The summed E-state index contributed by atoms with van der Waals surface area (Å²) in [5, 5.41) is 0. The summed E-state index contributed by atoms with van der Waals surface area (Å²) in [6, 6.07) is 9.65. The summed E-state index contributed by atoms with van der Waals surface area (Å²) in [6.07, 6.45) is 2.75. The van der Waals surface area contributed by atoms with E-state index in [-0.39, 0.29) is 5.91 Å². The van der Waals surface area contributed by atoms with Crippen molar-refractivity contribution in [1.29, 1.82) is 0 Å². The maximum Gasteiger partial charge on any atom is 0.232 e. The van der Waals surface area contributed by atoms with Crippen molar-refractivity contribution in [2.45, 2.75) is 27.2 Å². The molecule has 1 aliphatic heterocycles. The van der Waals surface area contributed by atoms with Gasteiger partial charge in [0.1, 0.15) is 0 Å². The standard InChI is InChI=1S/C25H31NO5/c1-25(2,3)24(27)26-11-10-17-14-22(30-6)23(31-7)15-18(17)19(26)12-16-8-9-20(28-4)21(13-16)29-5/h8-9,12-15H,10-11H2,1-7H3/b19-12+. The van der Waals surface area contributed by atoms with Gasteiger partial charge in [-0.25, -0.2) is 0 Å². The third kappa shape index (κ3) is 4.48. The summed E-state index contributed by atoms with van der Waals surface area (Å²) in [7, 11) is 6.46. The van der Waals surface area contributed by atoms with E-state index in [2.05, 4.69) is 0 Å². The zero-order valence-corrected chi connectivity index (χ0v) is 19.4. The van der Waals surface area contributed by atoms with Gasteiger partial charge in [-0.15, -0.1) is 0 Å². The fourth-order valence-electron chi connectivity index (χ4n) is 3.74. The van der Waals surface area contributed by atoms with E-state index in [1.807, 2.05) is 62.1 Å². The molecule has 6 heteroatoms. The molecular formula is C25H31NO5. The van der Waals surface area contributed by atoms with Gasteiger partial charge in [0.25, 0.3) is 0 Å². The Labute approximate surface area is 184 Å². The molecule has 2 aromatic carbocycles. The average Bonchev–Trinajstić information content (AvgIpc) is 2.77. The van der Waals surface area contributed by atoms with Crippen LogP contribution in [0, 0.1) is 5.41 Å². The predicted molar refractivity (Wildman–Crippen MR) is 122 cm³/mol. The van der Waals surface area contributed by atoms with Crippen molar-refractivity contribution in [1.82, 2.24) is 4.90 Å². The Hall–Kier alpha value is -3.15. The first-order valence-corrected chi connectivity index (χ1v) is 10.2. The van der Waals surface area contributed by atoms with E-state index >= 15 is 0 Å². The third-order valence-corrected chi connectivity index (χ3v) is 5.38. The number of hydrogen-bond donors (Lipinski definition) is 0. The van der Waals surface area contributed by atoms with Gasteiger partial charge >= 0.3 is 0 Å². The van der Waals surface area contributed by atoms with Crippen molar-refractivity contribution >= 4 is 17.7 Å². The Morgan fingerprint density at radius 3 is 2.03 bits per heavy atom. The van der Waals surface area contributed by atoms with Crippen molar-refractivity contribution in [3.63, 3.8) is 0 Å². The van der Waals surface area contributed by atoms with Crippen LogP contribution in [0.25, 0.3) is 11.8 Å². The van der Waals surface area contributed by atoms with Gasteiger partial charge in [-0.2, -0.15) is 0 Å². The number of nitrogens with zero attached hydrogens (tertiary/aromatic N) is 1. The molecule has 0 saturated carbocycles. The second-order valence-electron chi connectivity index (χ2n) is 8.47. The smallest absolute Gasteiger partial charge is 0.232 e. The minimum atomic E-state index is -0.509. The number of carbonyl (C=O) groups is 1. The summed E-state index contributed by atoms with van der Waals surface area (Å²) < 4.78 is 21.8. The van der Waals surface area contributed by atoms with E-state index < -0.39 is 5.41 Å². The number of fused-ring (bicyclic) bond motifs is 1. The fraction of sp³-hybridized carbons (Fsp3) is 0.400. The third-order valence-electron chi connectivity index (χ3n) is 5.38. The highest BCUT2D eigenvalue weighted by atomic mass is 16.5. The van der Waals surface area contributed by atoms with E-state index in [9.17, 15) is 4.79 Å². The molecule has 2 aromatic rings. The Morgan fingerprint density at radius 2 is 1.45 bits per heavy atom. The van der Waals surface area contributed by atoms with Gasteiger partial charge in [-0.05, 0) is 47.9 Å². The molecule has 0 fully saturated rings. The normalized spacial score (nSPS) is 14.8. The van der Waals surface area contributed by atoms with Crippen LogP contribution in [0.15, 0.2) is 30.3 Å². The van der Waals surface area contributed by atoms with Crippen LogP contribution in [0.2, 0.25) is 0 Å². The van der Waals surface area contributed by atoms with Crippen molar-refractivity contribution in [3.8, 4) is 23.0 Å². The fourth-order valence-corrected chi connectivity index (χ4v) is 3.74. The summed E-state index contributed by atoms with van der Waals surface area (Å²) in [5.41, 5.74) is 3.29. The molecule has 1 heterocycles. The summed E-state index contributed by atoms with van der Waals surface area (Å²) in [4.78, 5) is 15.2. The number of benzene rings is 2. The van der Waals surface area contributed by atoms with E-state index in [1.54, 1.807) is 28.4 Å². The molecule has 0 unspecified atom stereocenters. The van der Waals surface area contributed by atoms with Crippen LogP contribution < -0.4 is 18.9 Å². The maximum atomic E-state index is 13.3. The number of amides is 1. The predicted octanol–water partition coefficient (Wildman–Crippen LogP) is 4.65. The second kappa shape index (κ2) is 8.92. The Morgan fingerprint density at radius 1 is 0.871 bits per heavy atom. The summed E-state index contributed by atoms with van der Waals surface area (Å²) >= 11 is 0. The summed E-state index contributed by atoms with van der Waals surface area (Å²) in [6.45, 7) is 6.41. The lowest BCUT2D eigenvalue weighted by molar-refractivity contribution is -0.136. The maximum absolute atomic E-state index is 13.3. The average molecular weight is 426 g/mol. The molecule has 0 aliphatic carbocycles. The minimum Gasteiger partial charge on any atom is -0.493 e. The highest BCUT2D eigenvalue weighted by molar-refractivity contribution is 5.96. The van der Waals surface area contributed by atoms with Crippen LogP contribution in [-0.4, -0.2) is 45.8 Å². The van der Waals surface area contributed by atoms with Crippen LogP contribution in [0.1, 0.15) is 37.5 Å². The van der Waals surface area contributed by atoms with Crippen LogP contribution in [0.5, 0.6) is 23.0 Å². The molecule has 0 N–H and O–H groups in total. The number of methoxy groups -OCH3 is 4. The first-order valence-electron chi connectivity index (χ1n) is 10.2. The largest absolute Gasteiger partial charge is 0.493 e. The molecule has 6 nitrogen and oxygen atoms in total. The van der Waals surface area contributed by atoms with E-state index in [0.29, 0.717) is 29.5 Å². The van der Waals surface area contributed by atoms with Gasteiger partial charge < -0.3 is 23.8 Å². The highest BCUT2D eigenvalue weighted by Gasteiger charge is 2.33. The lowest BCUT2D eigenvalue weighted by Crippen LogP contribution is -2.41. The lowest BCUT2D eigenvalue weighted by Gasteiger charge is -2.36. The number of ether oxygens (including phenoxy) is 4. The van der Waals surface area contributed by atoms with Gasteiger partial charge in [-0.1, -0.05) is 26.8 Å². The van der Waals surface area contributed by atoms with Crippen molar-refractivity contribution in [2.75, 3.05) is 35.0 Å². The molecule has 0 radical (unpaired) electrons. The first kappa shape index (κ1) is 22.5. The number of rotatable bonds is 5. The molecule has 1 amide bonds. The Kier molecular flexibility index (Phi) is 6.48. The molecule has 0 aromatic heterocycles. The number of hydrogen-bond acceptors (Lipinski definition) is 5. The van der Waals surface area contributed by atoms with Crippen LogP contribution in [0.4, 0.5) is 0 Å². The minimum absolute atomic E-state index is 0.0691. The molecule has 166 valence electrons. The van der Waals surface area contributed by atoms with Crippen LogP contribution in [-0.2, 0) is 11.2 Å². The van der Waals surface area contributed by atoms with Gasteiger partial charge in [0.05, 0.1) is 34.1 Å². The second-order valence-corrected chi connectivity index (χ2v) is 8.47. The molecule has 3 rings (SSSR count). The molecule has 31 heavy (non-hydrogen) atoms. The summed E-state index contributed by atoms with van der Waals surface area (Å²) in [5.74, 6) is 2.67. The molecular weight excluding hydrogens is 394 g/mol. The van der Waals surface area contributed by atoms with Crippen LogP contribution >= 0.6 is 0 Å². The van der Waals surface area contributed by atoms with Crippen molar-refractivity contribution < 1.29 is 23.7 Å².